The quantitative estimate of drug-likeness (QED) is 0.369. The van der Waals surface area contributed by atoms with Crippen molar-refractivity contribution in [2.24, 2.45) is 5.10 Å². The first-order valence-electron chi connectivity index (χ1n) is 12.6. The number of nitrogens with zero attached hydrogens (tertiary/aromatic N) is 3. The lowest BCUT2D eigenvalue weighted by Gasteiger charge is -2.27. The van der Waals surface area contributed by atoms with Crippen LogP contribution in [0.1, 0.15) is 33.9 Å². The van der Waals surface area contributed by atoms with Crippen LogP contribution in [0.4, 0.5) is 0 Å². The predicted octanol–water partition coefficient (Wildman–Crippen LogP) is 4.18. The number of carbonyl (C=O) groups is 2. The molecule has 0 saturated heterocycles. The molecule has 0 aromatic heterocycles. The van der Waals surface area contributed by atoms with Crippen molar-refractivity contribution in [1.82, 2.24) is 9.91 Å². The van der Waals surface area contributed by atoms with Crippen molar-refractivity contribution in [3.8, 4) is 17.2 Å². The Balaban J connectivity index is 1.64. The van der Waals surface area contributed by atoms with E-state index in [1.807, 2.05) is 42.5 Å². The number of hydrogen-bond acceptors (Lipinski definition) is 7. The van der Waals surface area contributed by atoms with E-state index in [9.17, 15) is 9.59 Å². The summed E-state index contributed by atoms with van der Waals surface area (Å²) in [6.45, 7) is 0.378. The molecule has 0 fully saturated rings. The van der Waals surface area contributed by atoms with Gasteiger partial charge in [0.1, 0.15) is 23.8 Å². The molecule has 0 bridgehead atoms. The third-order valence-corrected chi connectivity index (χ3v) is 6.59. The van der Waals surface area contributed by atoms with Gasteiger partial charge < -0.3 is 23.8 Å². The highest BCUT2D eigenvalue weighted by Crippen LogP contribution is 2.36. The number of hydrogen-bond donors (Lipinski definition) is 0. The lowest BCUT2D eigenvalue weighted by Crippen LogP contribution is -2.42. The molecule has 2 amide bonds. The number of hydrazone groups is 1. The van der Waals surface area contributed by atoms with Gasteiger partial charge in [-0.2, -0.15) is 5.10 Å². The molecule has 1 aliphatic heterocycles. The third-order valence-electron chi connectivity index (χ3n) is 6.59. The van der Waals surface area contributed by atoms with Crippen LogP contribution < -0.4 is 14.2 Å². The monoisotopic (exact) mass is 531 g/mol. The van der Waals surface area contributed by atoms with Crippen molar-refractivity contribution < 1.29 is 28.5 Å². The second-order valence-corrected chi connectivity index (χ2v) is 8.93. The van der Waals surface area contributed by atoms with Crippen molar-refractivity contribution in [2.75, 3.05) is 48.1 Å². The summed E-state index contributed by atoms with van der Waals surface area (Å²) in [5.41, 5.74) is 2.89. The zero-order valence-electron chi connectivity index (χ0n) is 22.6. The second kappa shape index (κ2) is 12.9. The average Bonchev–Trinajstić information content (AvgIpc) is 3.44. The molecule has 0 N–H and O–H groups in total. The third kappa shape index (κ3) is 6.38. The highest BCUT2D eigenvalue weighted by Gasteiger charge is 2.35. The fraction of sp³-hybridized carbons (Fsp3) is 0.300. The van der Waals surface area contributed by atoms with Crippen molar-refractivity contribution in [1.29, 1.82) is 0 Å². The van der Waals surface area contributed by atoms with E-state index in [1.165, 1.54) is 9.91 Å². The van der Waals surface area contributed by atoms with Crippen molar-refractivity contribution in [3.63, 3.8) is 0 Å². The van der Waals surface area contributed by atoms with Crippen LogP contribution in [0.2, 0.25) is 0 Å². The Bertz CT molecular complexity index is 1310. The van der Waals surface area contributed by atoms with E-state index in [1.54, 1.807) is 58.8 Å². The van der Waals surface area contributed by atoms with Crippen LogP contribution in [0.25, 0.3) is 0 Å². The van der Waals surface area contributed by atoms with Crippen LogP contribution in [0.15, 0.2) is 77.9 Å². The Kier molecular flexibility index (Phi) is 9.17. The summed E-state index contributed by atoms with van der Waals surface area (Å²) >= 11 is 0. The van der Waals surface area contributed by atoms with Gasteiger partial charge in [-0.05, 0) is 42.0 Å². The van der Waals surface area contributed by atoms with Gasteiger partial charge in [-0.25, -0.2) is 5.01 Å². The SMILES string of the molecule is COCCN(CC(=O)N1N=C(c2ccc(OC)cc2OC)C[C@@H]1c1ccccc1)C(=O)c1ccc(OC)cc1. The molecule has 3 aromatic carbocycles. The van der Waals surface area contributed by atoms with Crippen LogP contribution in [-0.2, 0) is 9.53 Å². The minimum Gasteiger partial charge on any atom is -0.497 e. The summed E-state index contributed by atoms with van der Waals surface area (Å²) in [4.78, 5) is 28.6. The Morgan fingerprint density at radius 3 is 2.23 bits per heavy atom. The molecule has 0 aliphatic carbocycles. The number of ether oxygens (including phenoxy) is 4. The maximum Gasteiger partial charge on any atom is 0.262 e. The van der Waals surface area contributed by atoms with E-state index in [2.05, 4.69) is 0 Å². The van der Waals surface area contributed by atoms with E-state index in [0.29, 0.717) is 34.9 Å². The standard InChI is InChI=1S/C30H33N3O6/c1-36-17-16-32(30(35)22-10-12-23(37-2)13-11-22)20-29(34)33-27(21-8-6-5-7-9-21)19-26(31-33)25-15-14-24(38-3)18-28(25)39-4/h5-15,18,27H,16-17,19-20H2,1-4H3/t27-/m1/s1. The molecular formula is C30H33N3O6. The first kappa shape index (κ1) is 27.7. The molecule has 0 unspecified atom stereocenters. The molecule has 9 heteroatoms. The first-order chi connectivity index (χ1) is 19.0. The normalized spacial score (nSPS) is 14.5. The Morgan fingerprint density at radius 2 is 1.59 bits per heavy atom. The average molecular weight is 532 g/mol. The molecule has 0 radical (unpaired) electrons. The van der Waals surface area contributed by atoms with Crippen LogP contribution in [-0.4, -0.2) is 75.6 Å². The van der Waals surface area contributed by atoms with Crippen LogP contribution >= 0.6 is 0 Å². The number of carbonyl (C=O) groups excluding carboxylic acids is 2. The molecule has 204 valence electrons. The molecule has 4 rings (SSSR count). The van der Waals surface area contributed by atoms with E-state index >= 15 is 0 Å². The van der Waals surface area contributed by atoms with E-state index in [4.69, 9.17) is 24.0 Å². The summed E-state index contributed by atoms with van der Waals surface area (Å²) in [5.74, 6) is 1.33. The van der Waals surface area contributed by atoms with Gasteiger partial charge in [0.15, 0.2) is 0 Å². The molecular weight excluding hydrogens is 498 g/mol. The van der Waals surface area contributed by atoms with Crippen LogP contribution in [0, 0.1) is 0 Å². The number of rotatable bonds is 11. The second-order valence-electron chi connectivity index (χ2n) is 8.93. The van der Waals surface area contributed by atoms with Gasteiger partial charge in [0.05, 0.1) is 39.7 Å². The van der Waals surface area contributed by atoms with E-state index in [0.717, 1.165) is 11.1 Å². The van der Waals surface area contributed by atoms with Crippen molar-refractivity contribution >= 4 is 17.5 Å². The van der Waals surface area contributed by atoms with Gasteiger partial charge in [0.25, 0.3) is 11.8 Å². The Labute approximate surface area is 228 Å². The zero-order chi connectivity index (χ0) is 27.8. The van der Waals surface area contributed by atoms with Crippen LogP contribution in [0.3, 0.4) is 0 Å². The molecule has 3 aromatic rings. The Morgan fingerprint density at radius 1 is 0.897 bits per heavy atom. The molecule has 1 aliphatic rings. The summed E-state index contributed by atoms with van der Waals surface area (Å²) in [7, 11) is 6.30. The lowest BCUT2D eigenvalue weighted by atomic mass is 9.98. The molecule has 1 heterocycles. The van der Waals surface area contributed by atoms with Gasteiger partial charge >= 0.3 is 0 Å². The van der Waals surface area contributed by atoms with Gasteiger partial charge in [0.2, 0.25) is 0 Å². The lowest BCUT2D eigenvalue weighted by molar-refractivity contribution is -0.133. The topological polar surface area (TPSA) is 89.9 Å². The first-order valence-corrected chi connectivity index (χ1v) is 12.6. The fourth-order valence-electron chi connectivity index (χ4n) is 4.48. The Hall–Kier alpha value is -4.37. The van der Waals surface area contributed by atoms with Crippen LogP contribution in [0.5, 0.6) is 17.2 Å². The molecule has 9 nitrogen and oxygen atoms in total. The van der Waals surface area contributed by atoms with Crippen molar-refractivity contribution in [3.05, 3.63) is 89.5 Å². The number of benzene rings is 3. The largest absolute Gasteiger partial charge is 0.497 e. The van der Waals surface area contributed by atoms with E-state index < -0.39 is 0 Å². The minimum absolute atomic E-state index is 0.159. The molecule has 0 spiro atoms. The summed E-state index contributed by atoms with van der Waals surface area (Å²) in [6, 6.07) is 21.7. The van der Waals surface area contributed by atoms with Gasteiger partial charge in [-0.1, -0.05) is 30.3 Å². The maximum atomic E-state index is 13.8. The van der Waals surface area contributed by atoms with Crippen molar-refractivity contribution in [2.45, 2.75) is 12.5 Å². The molecule has 39 heavy (non-hydrogen) atoms. The van der Waals surface area contributed by atoms with Gasteiger partial charge in [-0.15, -0.1) is 0 Å². The number of methoxy groups -OCH3 is 4. The highest BCUT2D eigenvalue weighted by molar-refractivity contribution is 6.05. The maximum absolute atomic E-state index is 13.8. The molecule has 0 saturated carbocycles. The number of amides is 2. The van der Waals surface area contributed by atoms with Gasteiger partial charge in [0, 0.05) is 37.3 Å². The van der Waals surface area contributed by atoms with Gasteiger partial charge in [-0.3, -0.25) is 9.59 Å². The van der Waals surface area contributed by atoms with E-state index in [-0.39, 0.29) is 37.6 Å². The fourth-order valence-corrected chi connectivity index (χ4v) is 4.48. The predicted molar refractivity (Wildman–Crippen MR) is 148 cm³/mol. The molecule has 1 atom stereocenters. The smallest absolute Gasteiger partial charge is 0.262 e. The summed E-state index contributed by atoms with van der Waals surface area (Å²) in [5, 5.41) is 6.24. The summed E-state index contributed by atoms with van der Waals surface area (Å²) in [6.07, 6.45) is 0.489. The minimum atomic E-state index is -0.333. The highest BCUT2D eigenvalue weighted by atomic mass is 16.5. The zero-order valence-corrected chi connectivity index (χ0v) is 22.6. The summed E-state index contributed by atoms with van der Waals surface area (Å²) < 4.78 is 21.4.